The lowest BCUT2D eigenvalue weighted by atomic mass is 10.1. The van der Waals surface area contributed by atoms with Gasteiger partial charge in [0.25, 0.3) is 0 Å². The summed E-state index contributed by atoms with van der Waals surface area (Å²) in [6, 6.07) is 11.9. The zero-order valence-corrected chi connectivity index (χ0v) is 14.3. The Kier molecular flexibility index (Phi) is 4.87. The van der Waals surface area contributed by atoms with Crippen molar-refractivity contribution < 1.29 is 14.3 Å². The first-order valence-corrected chi connectivity index (χ1v) is 8.43. The van der Waals surface area contributed by atoms with Gasteiger partial charge in [0.1, 0.15) is 0 Å². The van der Waals surface area contributed by atoms with E-state index < -0.39 is 5.97 Å². The van der Waals surface area contributed by atoms with E-state index in [2.05, 4.69) is 9.97 Å². The van der Waals surface area contributed by atoms with Crippen LogP contribution in [0.2, 0.25) is 5.02 Å². The lowest BCUT2D eigenvalue weighted by Gasteiger charge is -1.99. The molecule has 0 bridgehead atoms. The highest BCUT2D eigenvalue weighted by atomic mass is 35.5. The topological polar surface area (TPSA) is 72.0 Å². The predicted molar refractivity (Wildman–Crippen MR) is 93.9 cm³/mol. The SMILES string of the molecule is COC(=O)c1ccc2nc(SCC(=O)c3ccc(Cl)cc3)[nH]c2c1. The number of carbonyl (C=O) groups is 2. The molecule has 0 fully saturated rings. The number of thioether (sulfide) groups is 1. The van der Waals surface area contributed by atoms with E-state index in [0.29, 0.717) is 21.3 Å². The number of H-pyrrole nitrogens is 1. The Morgan fingerprint density at radius 1 is 1.17 bits per heavy atom. The van der Waals surface area contributed by atoms with Gasteiger partial charge in [0, 0.05) is 10.6 Å². The highest BCUT2D eigenvalue weighted by molar-refractivity contribution is 7.99. The molecule has 0 saturated carbocycles. The number of imidazole rings is 1. The quantitative estimate of drug-likeness (QED) is 0.423. The van der Waals surface area contributed by atoms with Gasteiger partial charge in [-0.1, -0.05) is 23.4 Å². The van der Waals surface area contributed by atoms with Crippen LogP contribution in [0.3, 0.4) is 0 Å². The van der Waals surface area contributed by atoms with Gasteiger partial charge < -0.3 is 9.72 Å². The fourth-order valence-corrected chi connectivity index (χ4v) is 3.06. The Balaban J connectivity index is 1.72. The van der Waals surface area contributed by atoms with Crippen molar-refractivity contribution in [2.45, 2.75) is 5.16 Å². The minimum absolute atomic E-state index is 0.00706. The van der Waals surface area contributed by atoms with Gasteiger partial charge in [0.15, 0.2) is 10.9 Å². The minimum atomic E-state index is -0.404. The smallest absolute Gasteiger partial charge is 0.337 e. The van der Waals surface area contributed by atoms with Crippen LogP contribution in [0.25, 0.3) is 11.0 Å². The maximum absolute atomic E-state index is 12.2. The number of aromatic nitrogens is 2. The number of nitrogens with zero attached hydrogens (tertiary/aromatic N) is 1. The standard InChI is InChI=1S/C17H13ClN2O3S/c1-23-16(22)11-4-7-13-14(8-11)20-17(19-13)24-9-15(21)10-2-5-12(18)6-3-10/h2-8H,9H2,1H3,(H,19,20). The summed E-state index contributed by atoms with van der Waals surface area (Å²) < 4.78 is 4.70. The number of Topliss-reactive ketones (excluding diaryl/α,β-unsaturated/α-hetero) is 1. The number of carbonyl (C=O) groups excluding carboxylic acids is 2. The summed E-state index contributed by atoms with van der Waals surface area (Å²) in [6.45, 7) is 0. The maximum atomic E-state index is 12.2. The molecule has 0 aliphatic rings. The molecular formula is C17H13ClN2O3S. The number of nitrogens with one attached hydrogen (secondary N) is 1. The molecule has 1 N–H and O–H groups in total. The second-order valence-corrected chi connectivity index (χ2v) is 6.38. The third-order valence-corrected chi connectivity index (χ3v) is 4.51. The van der Waals surface area contributed by atoms with Gasteiger partial charge in [0.05, 0.1) is 29.5 Å². The molecule has 0 spiro atoms. The molecule has 24 heavy (non-hydrogen) atoms. The molecule has 1 heterocycles. The number of fused-ring (bicyclic) bond motifs is 1. The van der Waals surface area contributed by atoms with Crippen LogP contribution in [-0.2, 0) is 4.74 Å². The number of ether oxygens (including phenoxy) is 1. The molecule has 2 aromatic carbocycles. The number of rotatable bonds is 5. The minimum Gasteiger partial charge on any atom is -0.465 e. The van der Waals surface area contributed by atoms with Crippen molar-refractivity contribution >= 4 is 46.1 Å². The summed E-state index contributed by atoms with van der Waals surface area (Å²) >= 11 is 7.12. The summed E-state index contributed by atoms with van der Waals surface area (Å²) in [7, 11) is 1.34. The third kappa shape index (κ3) is 3.60. The first-order chi connectivity index (χ1) is 11.6. The lowest BCUT2D eigenvalue weighted by Crippen LogP contribution is -2.02. The van der Waals surface area contributed by atoms with Crippen molar-refractivity contribution in [2.75, 3.05) is 12.9 Å². The van der Waals surface area contributed by atoms with E-state index in [0.717, 1.165) is 11.0 Å². The van der Waals surface area contributed by atoms with Crippen LogP contribution in [0.1, 0.15) is 20.7 Å². The fourth-order valence-electron chi connectivity index (χ4n) is 2.15. The van der Waals surface area contributed by atoms with Crippen LogP contribution in [0.5, 0.6) is 0 Å². The van der Waals surface area contributed by atoms with Gasteiger partial charge in [-0.25, -0.2) is 9.78 Å². The number of esters is 1. The average Bonchev–Trinajstić information content (AvgIpc) is 3.01. The molecule has 0 saturated heterocycles. The van der Waals surface area contributed by atoms with Crippen molar-refractivity contribution in [2.24, 2.45) is 0 Å². The molecule has 0 unspecified atom stereocenters. The Bertz CT molecular complexity index is 906. The molecule has 0 amide bonds. The van der Waals surface area contributed by atoms with Crippen LogP contribution >= 0.6 is 23.4 Å². The molecule has 7 heteroatoms. The lowest BCUT2D eigenvalue weighted by molar-refractivity contribution is 0.0600. The number of halogens is 1. The maximum Gasteiger partial charge on any atom is 0.337 e. The molecular weight excluding hydrogens is 348 g/mol. The summed E-state index contributed by atoms with van der Waals surface area (Å²) in [5, 5.41) is 1.22. The number of hydrogen-bond donors (Lipinski definition) is 1. The highest BCUT2D eigenvalue weighted by Crippen LogP contribution is 2.22. The Morgan fingerprint density at radius 3 is 2.58 bits per heavy atom. The second kappa shape index (κ2) is 7.07. The Hall–Kier alpha value is -2.31. The summed E-state index contributed by atoms with van der Waals surface area (Å²) in [4.78, 5) is 31.2. The van der Waals surface area contributed by atoms with Crippen molar-refractivity contribution in [3.8, 4) is 0 Å². The molecule has 5 nitrogen and oxygen atoms in total. The summed E-state index contributed by atoms with van der Waals surface area (Å²) in [5.74, 6) is -0.156. The predicted octanol–water partition coefficient (Wildman–Crippen LogP) is 3.98. The normalized spacial score (nSPS) is 10.8. The van der Waals surface area contributed by atoms with E-state index in [1.54, 1.807) is 42.5 Å². The Morgan fingerprint density at radius 2 is 1.88 bits per heavy atom. The van der Waals surface area contributed by atoms with E-state index in [1.807, 2.05) is 0 Å². The number of methoxy groups -OCH3 is 1. The number of aromatic amines is 1. The molecule has 1 aromatic heterocycles. The van der Waals surface area contributed by atoms with Crippen molar-refractivity contribution in [3.63, 3.8) is 0 Å². The van der Waals surface area contributed by atoms with Crippen LogP contribution in [0.15, 0.2) is 47.6 Å². The van der Waals surface area contributed by atoms with E-state index in [1.165, 1.54) is 18.9 Å². The average molecular weight is 361 g/mol. The summed E-state index contributed by atoms with van der Waals surface area (Å²) in [5.41, 5.74) is 2.50. The summed E-state index contributed by atoms with van der Waals surface area (Å²) in [6.07, 6.45) is 0. The molecule has 0 aliphatic heterocycles. The molecule has 3 rings (SSSR count). The highest BCUT2D eigenvalue weighted by Gasteiger charge is 2.11. The number of hydrogen-bond acceptors (Lipinski definition) is 5. The zero-order chi connectivity index (χ0) is 17.1. The van der Waals surface area contributed by atoms with Crippen LogP contribution < -0.4 is 0 Å². The van der Waals surface area contributed by atoms with E-state index in [-0.39, 0.29) is 11.5 Å². The monoisotopic (exact) mass is 360 g/mol. The van der Waals surface area contributed by atoms with Gasteiger partial charge in [-0.3, -0.25) is 4.79 Å². The zero-order valence-electron chi connectivity index (χ0n) is 12.7. The van der Waals surface area contributed by atoms with E-state index >= 15 is 0 Å². The third-order valence-electron chi connectivity index (χ3n) is 3.39. The van der Waals surface area contributed by atoms with Crippen LogP contribution in [0.4, 0.5) is 0 Å². The van der Waals surface area contributed by atoms with Crippen molar-refractivity contribution in [1.29, 1.82) is 0 Å². The molecule has 3 aromatic rings. The molecule has 0 atom stereocenters. The van der Waals surface area contributed by atoms with Gasteiger partial charge in [-0.15, -0.1) is 0 Å². The molecule has 122 valence electrons. The first-order valence-electron chi connectivity index (χ1n) is 7.06. The van der Waals surface area contributed by atoms with Gasteiger partial charge in [0.2, 0.25) is 0 Å². The molecule has 0 radical (unpaired) electrons. The number of benzene rings is 2. The van der Waals surface area contributed by atoms with Crippen molar-refractivity contribution in [1.82, 2.24) is 9.97 Å². The van der Waals surface area contributed by atoms with Gasteiger partial charge in [-0.2, -0.15) is 0 Å². The van der Waals surface area contributed by atoms with E-state index in [4.69, 9.17) is 16.3 Å². The number of ketones is 1. The molecule has 0 aliphatic carbocycles. The fraction of sp³-hybridized carbons (Fsp3) is 0.118. The Labute approximate surface area is 147 Å². The largest absolute Gasteiger partial charge is 0.465 e. The van der Waals surface area contributed by atoms with Gasteiger partial charge in [-0.05, 0) is 42.5 Å². The van der Waals surface area contributed by atoms with Crippen molar-refractivity contribution in [3.05, 3.63) is 58.6 Å². The van der Waals surface area contributed by atoms with E-state index in [9.17, 15) is 9.59 Å². The second-order valence-electron chi connectivity index (χ2n) is 4.98. The first kappa shape index (κ1) is 16.5. The van der Waals surface area contributed by atoms with Crippen LogP contribution in [-0.4, -0.2) is 34.6 Å². The van der Waals surface area contributed by atoms with Gasteiger partial charge >= 0.3 is 5.97 Å². The van der Waals surface area contributed by atoms with Crippen LogP contribution in [0, 0.1) is 0 Å².